The molecule has 12 aliphatic rings. The number of fused-ring (bicyclic) bond motifs is 15. The van der Waals surface area contributed by atoms with Gasteiger partial charge in [-0.1, -0.05) is 44.1 Å². The number of carbonyl (C=O) groups excluding carboxylic acids is 3. The average molecular weight is 1480 g/mol. The molecule has 0 aliphatic heterocycles. The molecule has 0 spiro atoms. The van der Waals surface area contributed by atoms with Gasteiger partial charge in [-0.25, -0.2) is 0 Å². The summed E-state index contributed by atoms with van der Waals surface area (Å²) in [5, 5.41) is 33.0. The second-order valence-electron chi connectivity index (χ2n) is 30.6. The smallest absolute Gasteiger partial charge is 0.149 e. The van der Waals surface area contributed by atoms with Crippen LogP contribution in [0.5, 0.6) is 0 Å². The number of thiol groups is 1. The highest BCUT2D eigenvalue weighted by molar-refractivity contribution is 14.2. The number of aliphatic hydroxyl groups is 3. The van der Waals surface area contributed by atoms with Crippen molar-refractivity contribution in [1.82, 2.24) is 0 Å². The predicted molar refractivity (Wildman–Crippen MR) is 365 cm³/mol. The Bertz CT molecular complexity index is 2050. The summed E-state index contributed by atoms with van der Waals surface area (Å²) in [6.07, 6.45) is 33.1. The first-order valence-corrected chi connectivity index (χ1v) is 40.6. The van der Waals surface area contributed by atoms with Crippen LogP contribution in [0.4, 0.5) is 0 Å². The molecule has 16 heteroatoms. The van der Waals surface area contributed by atoms with Crippen LogP contribution in [-0.2, 0) is 28.6 Å². The van der Waals surface area contributed by atoms with Gasteiger partial charge in [-0.05, 0) is 335 Å². The topological polar surface area (TPSA) is 140 Å². The van der Waals surface area contributed by atoms with Crippen molar-refractivity contribution >= 4 is 108 Å². The number of carbonyl (C=O) groups is 3. The first-order valence-electron chi connectivity index (χ1n) is 32.8. The fourth-order valence-corrected chi connectivity index (χ4v) is 24.4. The number of rotatable bonds is 11. The number of halogens is 3. The maximum absolute atomic E-state index is 12.5. The lowest BCUT2D eigenvalue weighted by Crippen LogP contribution is -2.52. The van der Waals surface area contributed by atoms with Gasteiger partial charge in [0.2, 0.25) is 0 Å². The zero-order valence-electron chi connectivity index (χ0n) is 51.7. The van der Waals surface area contributed by atoms with E-state index in [1.165, 1.54) is 131 Å². The number of Topliss-reactive ketones (excluding diaryl/α,β-unsaturated/α-hetero) is 3. The minimum atomic E-state index is -0.591. The zero-order chi connectivity index (χ0) is 59.6. The van der Waals surface area contributed by atoms with E-state index in [9.17, 15) is 29.7 Å². The van der Waals surface area contributed by atoms with Gasteiger partial charge in [0.25, 0.3) is 0 Å². The molecule has 0 bridgehead atoms. The fraction of sp³-hybridized carbons (Fsp3) is 0.955. The molecule has 3 N–H and O–H groups in total. The molecule has 3 radical (unpaired) electrons. The van der Waals surface area contributed by atoms with Gasteiger partial charge in [0, 0.05) is 46.8 Å². The highest BCUT2D eigenvalue weighted by Gasteiger charge is 2.62. The number of methoxy groups -OCH3 is 3. The van der Waals surface area contributed by atoms with Gasteiger partial charge in [-0.3, -0.25) is 14.4 Å². The lowest BCUT2D eigenvalue weighted by molar-refractivity contribution is -0.135. The van der Waals surface area contributed by atoms with Crippen molar-refractivity contribution in [2.24, 2.45) is 123 Å². The third-order valence-corrected chi connectivity index (χ3v) is 28.6. The van der Waals surface area contributed by atoms with E-state index in [1.807, 2.05) is 35.1 Å². The molecule has 0 aromatic carbocycles. The summed E-state index contributed by atoms with van der Waals surface area (Å²) in [6.45, 7) is 12.4. The summed E-state index contributed by atoms with van der Waals surface area (Å²) in [5.41, 5.74) is -0.981. The molecule has 9 nitrogen and oxygen atoms in total. The number of alkyl halides is 1. The van der Waals surface area contributed by atoms with Gasteiger partial charge in [-0.2, -0.15) is 8.78 Å². The van der Waals surface area contributed by atoms with Gasteiger partial charge < -0.3 is 29.5 Å². The van der Waals surface area contributed by atoms with E-state index in [0.717, 1.165) is 129 Å². The van der Waals surface area contributed by atoms with Crippen LogP contribution in [0.2, 0.25) is 0 Å². The SMILES string of the molecule is C.COCC1(O)CC[C@H]2[C@@H](CC[C@@H]3[C@@H]2CC[C@]2(C)[C@@H](C(C)=O)CC[C@@H]32)C1.COC[C@@]1(O)CC[C@H]2[C@@H](CC[C@@H]3[C@@H]2CC[C@]2(C)[C@@H](C(=O)CBr)CC[C@@H]32)C1.COC[C@@]1(O)CC[C@H]2[C@@H](CC[C@@H]3[C@@H]2CC[C@]2(C)[C@@H](C(C)=O)CC[C@@H]32)C1.SI.[B][B]SI. The molecule has 0 amide bonds. The van der Waals surface area contributed by atoms with Crippen molar-refractivity contribution in [2.45, 2.75) is 232 Å². The van der Waals surface area contributed by atoms with E-state index >= 15 is 0 Å². The molecule has 12 fully saturated rings. The normalized spacial score (nSPS) is 47.7. The van der Waals surface area contributed by atoms with E-state index < -0.39 is 16.8 Å². The number of hydrogen-bond acceptors (Lipinski definition) is 11. The van der Waals surface area contributed by atoms with Gasteiger partial charge in [-0.15, -0.1) is 9.80 Å². The molecule has 0 aromatic heterocycles. The molecule has 1 unspecified atom stereocenters. The maximum atomic E-state index is 12.5. The standard InChI is InChI=1S/C22H35BrO3.2C22H36O3.CH4.B2IS.HIS/c1-21-9-7-16-15-8-10-22(25,13-26-2)11-14(15)3-4-17(16)18(21)5-6-19(21)20(24)12-23;2*1-14(23)19-6-7-20-18-5-4-15-12-22(24,13-25-3)11-9-16(15)17(18)8-10-21(19,20)2;;1-2-4-3;1-2/h14-19,25H,3-13H2,1-2H3;2*15-20,24H,4-13H2,1-3H3;1H4;;2H/t14-,15-,16+,17+,18-,19+,21-,22+;15-,16-,17+,18+,19+,20-,21+,22?;15-,16-,17+,18+,19+,20-,21+,22+;;;/m000.../s1. The van der Waals surface area contributed by atoms with Gasteiger partial charge in [0.15, 0.2) is 0 Å². The Labute approximate surface area is 549 Å². The molecule has 0 saturated heterocycles. The minimum absolute atomic E-state index is 0. The van der Waals surface area contributed by atoms with Crippen LogP contribution in [0, 0.1) is 123 Å². The maximum Gasteiger partial charge on any atom is 0.149 e. The summed E-state index contributed by atoms with van der Waals surface area (Å²) in [4.78, 5) is 36.9. The van der Waals surface area contributed by atoms with Crippen molar-refractivity contribution in [1.29, 1.82) is 0 Å². The Morgan fingerprint density at radius 1 is 0.494 bits per heavy atom. The third kappa shape index (κ3) is 14.8. The van der Waals surface area contributed by atoms with Crippen LogP contribution in [0.3, 0.4) is 0 Å². The molecule has 473 valence electrons. The fourth-order valence-electron chi connectivity index (χ4n) is 24.0. The van der Waals surface area contributed by atoms with Crippen molar-refractivity contribution < 1.29 is 43.9 Å². The molecule has 12 aliphatic carbocycles. The summed E-state index contributed by atoms with van der Waals surface area (Å²) in [7, 11) is 14.9. The lowest BCUT2D eigenvalue weighted by atomic mass is 9.49. The van der Waals surface area contributed by atoms with Crippen LogP contribution < -0.4 is 0 Å². The number of hydrogen-bond donors (Lipinski definition) is 4. The van der Waals surface area contributed by atoms with Crippen molar-refractivity contribution in [3.63, 3.8) is 0 Å². The van der Waals surface area contributed by atoms with Crippen LogP contribution in [-0.4, -0.2) is 110 Å². The molecule has 12 saturated carbocycles. The van der Waals surface area contributed by atoms with Crippen LogP contribution in [0.15, 0.2) is 0 Å². The Balaban J connectivity index is 0.000000170. The Kier molecular flexibility index (Phi) is 26.5. The molecule has 12 rings (SSSR count). The van der Waals surface area contributed by atoms with Gasteiger partial charge in [0.05, 0.1) is 42.0 Å². The minimum Gasteiger partial charge on any atom is -0.387 e. The molecule has 24 atom stereocenters. The summed E-state index contributed by atoms with van der Waals surface area (Å²) in [6, 6.07) is 0. The molecular weight excluding hydrogens is 1370 g/mol. The summed E-state index contributed by atoms with van der Waals surface area (Å²) in [5.74, 6) is 13.9. The Morgan fingerprint density at radius 3 is 1.04 bits per heavy atom. The van der Waals surface area contributed by atoms with Crippen molar-refractivity contribution in [3.8, 4) is 0 Å². The molecular formula is C67H112B2BrI2O9S2. The first kappa shape index (κ1) is 72.0. The quantitative estimate of drug-likeness (QED) is 0.0684. The summed E-state index contributed by atoms with van der Waals surface area (Å²) < 4.78 is 15.9. The first-order chi connectivity index (χ1) is 39.1. The second-order valence-corrected chi connectivity index (χ2v) is 33.1. The van der Waals surface area contributed by atoms with E-state index in [-0.39, 0.29) is 29.6 Å². The van der Waals surface area contributed by atoms with Crippen molar-refractivity contribution in [2.75, 3.05) is 46.5 Å². The van der Waals surface area contributed by atoms with E-state index in [2.05, 4.69) is 67.7 Å². The predicted octanol–water partition coefficient (Wildman–Crippen LogP) is 15.7. The Hall–Kier alpha value is 1.54. The number of ether oxygens (including phenoxy) is 3. The van der Waals surface area contributed by atoms with Crippen LogP contribution >= 0.6 is 76.9 Å². The van der Waals surface area contributed by atoms with Gasteiger partial charge in [0.1, 0.15) is 23.8 Å². The van der Waals surface area contributed by atoms with Gasteiger partial charge >= 0.3 is 0 Å². The van der Waals surface area contributed by atoms with E-state index in [4.69, 9.17) is 21.9 Å². The van der Waals surface area contributed by atoms with Crippen LogP contribution in [0.1, 0.15) is 215 Å². The lowest BCUT2D eigenvalue weighted by Gasteiger charge is -2.57. The molecule has 83 heavy (non-hydrogen) atoms. The molecule has 0 heterocycles. The highest BCUT2D eigenvalue weighted by Crippen LogP contribution is 2.68. The summed E-state index contributed by atoms with van der Waals surface area (Å²) >= 11 is 7.35. The van der Waals surface area contributed by atoms with Crippen molar-refractivity contribution in [3.05, 3.63) is 0 Å². The van der Waals surface area contributed by atoms with E-state index in [1.54, 1.807) is 21.3 Å². The zero-order valence-corrected chi connectivity index (χ0v) is 59.4. The average Bonchev–Trinajstić information content (AvgIpc) is 2.21. The monoisotopic (exact) mass is 1480 g/mol. The second kappa shape index (κ2) is 30.5. The Morgan fingerprint density at radius 2 is 0.771 bits per heavy atom. The van der Waals surface area contributed by atoms with E-state index in [0.29, 0.717) is 72.1 Å². The number of ketones is 3. The highest BCUT2D eigenvalue weighted by atomic mass is 127. The molecule has 0 aromatic rings. The largest absolute Gasteiger partial charge is 0.387 e. The third-order valence-electron chi connectivity index (χ3n) is 27.1. The van der Waals surface area contributed by atoms with Crippen LogP contribution in [0.25, 0.3) is 0 Å².